The summed E-state index contributed by atoms with van der Waals surface area (Å²) in [6.45, 7) is 3.88. The Morgan fingerprint density at radius 3 is 1.75 bits per heavy atom. The van der Waals surface area contributed by atoms with Gasteiger partial charge >= 0.3 is 17.9 Å². The molecule has 7 atom stereocenters. The number of aliphatic carboxylic acids is 3. The molecule has 1 saturated heterocycles. The fourth-order valence-corrected chi connectivity index (χ4v) is 6.35. The van der Waals surface area contributed by atoms with Crippen LogP contribution >= 0.6 is 0 Å². The minimum atomic E-state index is -2.01. The van der Waals surface area contributed by atoms with E-state index in [9.17, 15) is 68.1 Å². The summed E-state index contributed by atoms with van der Waals surface area (Å²) in [4.78, 5) is 143. The third kappa shape index (κ3) is 17.2. The first-order valence-electron chi connectivity index (χ1n) is 19.8. The van der Waals surface area contributed by atoms with Crippen molar-refractivity contribution in [1.82, 2.24) is 42.5 Å². The zero-order chi connectivity index (χ0) is 46.8. The van der Waals surface area contributed by atoms with Crippen molar-refractivity contribution in [3.05, 3.63) is 71.8 Å². The van der Waals surface area contributed by atoms with Crippen molar-refractivity contribution >= 4 is 65.2 Å². The predicted molar refractivity (Wildman–Crippen MR) is 219 cm³/mol. The highest BCUT2D eigenvalue weighted by Gasteiger charge is 2.37. The number of nitrogens with one attached hydrogen (secondary N) is 8. The zero-order valence-corrected chi connectivity index (χ0v) is 34.7. The lowest BCUT2D eigenvalue weighted by atomic mass is 10.0. The quantitative estimate of drug-likeness (QED) is 0.0737. The molecule has 1 aliphatic rings. The van der Waals surface area contributed by atoms with Gasteiger partial charge in [-0.15, -0.1) is 0 Å². The van der Waals surface area contributed by atoms with Crippen molar-refractivity contribution in [3.8, 4) is 0 Å². The van der Waals surface area contributed by atoms with Crippen molar-refractivity contribution in [1.29, 1.82) is 0 Å². The van der Waals surface area contributed by atoms with Crippen LogP contribution in [0.3, 0.4) is 0 Å². The minimum Gasteiger partial charge on any atom is -0.481 e. The number of carboxylic acids is 3. The van der Waals surface area contributed by atoms with Crippen LogP contribution in [0.5, 0.6) is 0 Å². The van der Waals surface area contributed by atoms with Crippen LogP contribution < -0.4 is 42.5 Å². The number of carboxylic acid groups (broad SMARTS) is 3. The largest absolute Gasteiger partial charge is 0.481 e. The van der Waals surface area contributed by atoms with Crippen LogP contribution in [0.1, 0.15) is 57.6 Å². The van der Waals surface area contributed by atoms with E-state index in [0.717, 1.165) is 0 Å². The van der Waals surface area contributed by atoms with Gasteiger partial charge in [0.25, 0.3) is 0 Å². The fraction of sp³-hybridized carbons (Fsp3) is 0.439. The van der Waals surface area contributed by atoms with Gasteiger partial charge in [-0.05, 0) is 23.5 Å². The summed E-state index contributed by atoms with van der Waals surface area (Å²) < 4.78 is 0. The molecule has 63 heavy (non-hydrogen) atoms. The van der Waals surface area contributed by atoms with E-state index in [-0.39, 0.29) is 25.2 Å². The van der Waals surface area contributed by atoms with Crippen LogP contribution in [-0.2, 0) is 65.6 Å². The summed E-state index contributed by atoms with van der Waals surface area (Å²) in [5.74, 6) is -13.5. The first kappa shape index (κ1) is 50.0. The molecule has 0 saturated carbocycles. The van der Waals surface area contributed by atoms with E-state index < -0.39 is 133 Å². The summed E-state index contributed by atoms with van der Waals surface area (Å²) in [7, 11) is 0. The van der Waals surface area contributed by atoms with E-state index in [1.807, 2.05) is 0 Å². The summed E-state index contributed by atoms with van der Waals surface area (Å²) in [5.41, 5.74) is 1.14. The smallest absolute Gasteiger partial charge is 0.326 e. The Morgan fingerprint density at radius 1 is 0.667 bits per heavy atom. The average Bonchev–Trinajstić information content (AvgIpc) is 3.20. The average molecular weight is 881 g/mol. The van der Waals surface area contributed by atoms with Gasteiger partial charge in [0.05, 0.1) is 19.3 Å². The normalized spacial score (nSPS) is 19.8. The van der Waals surface area contributed by atoms with E-state index in [1.165, 1.54) is 6.92 Å². The van der Waals surface area contributed by atoms with Crippen LogP contribution in [0.4, 0.5) is 0 Å². The Balaban J connectivity index is 1.99. The van der Waals surface area contributed by atoms with Gasteiger partial charge in [0.1, 0.15) is 42.3 Å². The molecule has 0 aliphatic carbocycles. The molecule has 22 heteroatoms. The highest BCUT2D eigenvalue weighted by atomic mass is 16.4. The number of rotatable bonds is 18. The molecule has 1 heterocycles. The lowest BCUT2D eigenvalue weighted by molar-refractivity contribution is -0.144. The number of carbonyl (C=O) groups is 11. The topological polar surface area (TPSA) is 345 Å². The van der Waals surface area contributed by atoms with Gasteiger partial charge in [0, 0.05) is 26.3 Å². The molecule has 1 aliphatic heterocycles. The van der Waals surface area contributed by atoms with Crippen LogP contribution in [0.25, 0.3) is 0 Å². The molecule has 8 amide bonds. The van der Waals surface area contributed by atoms with E-state index in [1.54, 1.807) is 74.5 Å². The first-order valence-corrected chi connectivity index (χ1v) is 19.8. The standard InChI is InChI=1S/C41H52N8O14/c1-21(2)14-25-35(56)46-28(18-33(52)53)38(59)45-27(37(58)47-29(19-34(54)55)39(60)48-30(41(62)63)16-24-12-8-5-9-13-24)17-32(51)42-20-31(40(61)44-25)49-36(57)26(43-22(3)50)15-23-10-6-4-7-11-23/h4-13,21,25-31H,14-20H2,1-3H3,(H,42,51)(H,43,50)(H,44,61)(H,45,59)(H,46,56)(H,47,58)(H,48,60)(H,49,57)(H,52,53)(H,54,55)(H,62,63)/t25-,26-,27-,28-,29+,30+,31-/m0/s1. The molecule has 11 N–H and O–H groups in total. The van der Waals surface area contributed by atoms with Gasteiger partial charge in [-0.1, -0.05) is 74.5 Å². The van der Waals surface area contributed by atoms with E-state index in [4.69, 9.17) is 0 Å². The summed E-state index contributed by atoms with van der Waals surface area (Å²) in [5, 5.41) is 47.6. The van der Waals surface area contributed by atoms with E-state index in [2.05, 4.69) is 42.5 Å². The van der Waals surface area contributed by atoms with Gasteiger partial charge < -0.3 is 57.9 Å². The number of benzene rings is 2. The third-order valence-electron chi connectivity index (χ3n) is 9.40. The summed E-state index contributed by atoms with van der Waals surface area (Å²) >= 11 is 0. The Bertz CT molecular complexity index is 2020. The molecule has 22 nitrogen and oxygen atoms in total. The summed E-state index contributed by atoms with van der Waals surface area (Å²) in [6, 6.07) is 4.81. The minimum absolute atomic E-state index is 0.0162. The number of carbonyl (C=O) groups excluding carboxylic acids is 8. The highest BCUT2D eigenvalue weighted by Crippen LogP contribution is 2.10. The second-order valence-corrected chi connectivity index (χ2v) is 15.2. The molecule has 0 unspecified atom stereocenters. The SMILES string of the molecule is CC(=O)N[C@@H](Cc1ccccc1)C(=O)N[C@H]1CNC(=O)C[C@@H](C(=O)N[C@H](CC(=O)O)C(=O)N[C@H](Cc2ccccc2)C(=O)O)NC(=O)[C@H](CC(=O)O)NC(=O)[C@H](CC(C)C)NC1=O. The molecule has 0 bridgehead atoms. The molecule has 2 aromatic rings. The van der Waals surface area contributed by atoms with Gasteiger partial charge in [-0.2, -0.15) is 0 Å². The lowest BCUT2D eigenvalue weighted by Gasteiger charge is -2.29. The molecule has 3 rings (SSSR count). The molecular weight excluding hydrogens is 828 g/mol. The first-order chi connectivity index (χ1) is 29.7. The van der Waals surface area contributed by atoms with Crippen LogP contribution in [0.15, 0.2) is 60.7 Å². The van der Waals surface area contributed by atoms with Crippen LogP contribution in [0.2, 0.25) is 0 Å². The predicted octanol–water partition coefficient (Wildman–Crippen LogP) is -2.51. The highest BCUT2D eigenvalue weighted by molar-refractivity contribution is 6.00. The van der Waals surface area contributed by atoms with Gasteiger partial charge in [-0.3, -0.25) is 47.9 Å². The van der Waals surface area contributed by atoms with Crippen molar-refractivity contribution < 1.29 is 68.1 Å². The monoisotopic (exact) mass is 880 g/mol. The maximum absolute atomic E-state index is 13.9. The Kier molecular flexibility index (Phi) is 19.2. The van der Waals surface area contributed by atoms with Gasteiger partial charge in [-0.25, -0.2) is 4.79 Å². The fourth-order valence-electron chi connectivity index (χ4n) is 6.35. The maximum Gasteiger partial charge on any atom is 0.326 e. The van der Waals surface area contributed by atoms with Crippen molar-refractivity contribution in [3.63, 3.8) is 0 Å². The lowest BCUT2D eigenvalue weighted by Crippen LogP contribution is -2.63. The van der Waals surface area contributed by atoms with Gasteiger partial charge in [0.2, 0.25) is 47.3 Å². The molecule has 0 spiro atoms. The Hall–Kier alpha value is -7.39. The number of amides is 8. The molecular formula is C41H52N8O14. The molecule has 340 valence electrons. The van der Waals surface area contributed by atoms with E-state index >= 15 is 0 Å². The Labute approximate surface area is 361 Å². The second-order valence-electron chi connectivity index (χ2n) is 15.2. The number of hydrogen-bond acceptors (Lipinski definition) is 11. The second kappa shape index (κ2) is 24.2. The van der Waals surface area contributed by atoms with Crippen molar-refractivity contribution in [2.75, 3.05) is 6.54 Å². The van der Waals surface area contributed by atoms with Crippen LogP contribution in [-0.4, -0.2) is 129 Å². The van der Waals surface area contributed by atoms with Crippen molar-refractivity contribution in [2.24, 2.45) is 5.92 Å². The molecule has 1 fully saturated rings. The summed E-state index contributed by atoms with van der Waals surface area (Å²) in [6.07, 6.45) is -3.48. The third-order valence-corrected chi connectivity index (χ3v) is 9.40. The van der Waals surface area contributed by atoms with Crippen molar-refractivity contribution in [2.45, 2.75) is 102 Å². The molecule has 0 radical (unpaired) electrons. The molecule has 2 aromatic carbocycles. The molecule has 0 aromatic heterocycles. The van der Waals surface area contributed by atoms with E-state index in [0.29, 0.717) is 11.1 Å². The zero-order valence-electron chi connectivity index (χ0n) is 34.7. The van der Waals surface area contributed by atoms with Gasteiger partial charge in [0.15, 0.2) is 0 Å². The maximum atomic E-state index is 13.9. The number of hydrogen-bond donors (Lipinski definition) is 11. The van der Waals surface area contributed by atoms with Crippen LogP contribution in [0, 0.1) is 5.92 Å². The Morgan fingerprint density at radius 2 is 1.22 bits per heavy atom.